The lowest BCUT2D eigenvalue weighted by atomic mass is 9.90. The fourth-order valence-corrected chi connectivity index (χ4v) is 2.83. The van der Waals surface area contributed by atoms with E-state index in [0.717, 1.165) is 25.4 Å². The second-order valence-electron chi connectivity index (χ2n) is 5.40. The average molecular weight is 211 g/mol. The van der Waals surface area contributed by atoms with Crippen LogP contribution in [0.2, 0.25) is 0 Å². The number of carboxylic acids is 1. The number of hydrogen-bond acceptors (Lipinski definition) is 2. The maximum absolute atomic E-state index is 11.1. The number of likely N-dealkylation sites (tertiary alicyclic amines) is 1. The molecule has 0 aromatic rings. The van der Waals surface area contributed by atoms with Crippen LogP contribution in [0.1, 0.15) is 39.5 Å². The fraction of sp³-hybridized carbons (Fsp3) is 0.917. The zero-order valence-corrected chi connectivity index (χ0v) is 9.70. The summed E-state index contributed by atoms with van der Waals surface area (Å²) in [5.74, 6) is 0.224. The molecule has 1 N–H and O–H groups in total. The van der Waals surface area contributed by atoms with Crippen molar-refractivity contribution >= 4 is 5.97 Å². The summed E-state index contributed by atoms with van der Waals surface area (Å²) in [5, 5.41) is 9.17. The molecule has 1 heterocycles. The Morgan fingerprint density at radius 1 is 1.60 bits per heavy atom. The number of carbonyl (C=O) groups is 1. The predicted octanol–water partition coefficient (Wildman–Crippen LogP) is 1.97. The third-order valence-electron chi connectivity index (χ3n) is 4.07. The Morgan fingerprint density at radius 3 is 2.67 bits per heavy atom. The minimum Gasteiger partial charge on any atom is -0.481 e. The molecule has 0 radical (unpaired) electrons. The van der Waals surface area contributed by atoms with E-state index in [4.69, 9.17) is 0 Å². The fourth-order valence-electron chi connectivity index (χ4n) is 2.83. The standard InChI is InChI=1S/C12H21NO2/c1-3-10(9-4-5-9)13-7-6-12(2,8-13)11(14)15/h9-10H,3-8H2,1-2H3,(H,14,15). The van der Waals surface area contributed by atoms with Gasteiger partial charge >= 0.3 is 5.97 Å². The Morgan fingerprint density at radius 2 is 2.27 bits per heavy atom. The second kappa shape index (κ2) is 3.78. The Kier molecular flexibility index (Phi) is 2.75. The van der Waals surface area contributed by atoms with E-state index < -0.39 is 11.4 Å². The predicted molar refractivity (Wildman–Crippen MR) is 58.7 cm³/mol. The molecule has 0 spiro atoms. The average Bonchev–Trinajstić information content (AvgIpc) is 2.92. The summed E-state index contributed by atoms with van der Waals surface area (Å²) < 4.78 is 0. The van der Waals surface area contributed by atoms with Crippen molar-refractivity contribution in [2.24, 2.45) is 11.3 Å². The molecule has 0 aromatic heterocycles. The number of hydrogen-bond donors (Lipinski definition) is 1. The molecule has 1 saturated carbocycles. The Bertz CT molecular complexity index is 262. The highest BCUT2D eigenvalue weighted by Crippen LogP contribution is 2.41. The molecule has 2 fully saturated rings. The third kappa shape index (κ3) is 2.03. The molecule has 3 nitrogen and oxygen atoms in total. The molecule has 2 unspecified atom stereocenters. The van der Waals surface area contributed by atoms with Crippen molar-refractivity contribution in [1.82, 2.24) is 4.90 Å². The molecule has 15 heavy (non-hydrogen) atoms. The molecule has 2 rings (SSSR count). The van der Waals surface area contributed by atoms with Gasteiger partial charge in [0, 0.05) is 12.6 Å². The maximum Gasteiger partial charge on any atom is 0.310 e. The number of nitrogens with zero attached hydrogens (tertiary/aromatic N) is 1. The highest BCUT2D eigenvalue weighted by atomic mass is 16.4. The van der Waals surface area contributed by atoms with E-state index >= 15 is 0 Å². The SMILES string of the molecule is CCC(C1CC1)N1CCC(C)(C(=O)O)C1. The van der Waals surface area contributed by atoms with Crippen molar-refractivity contribution in [3.8, 4) is 0 Å². The van der Waals surface area contributed by atoms with Crippen LogP contribution < -0.4 is 0 Å². The summed E-state index contributed by atoms with van der Waals surface area (Å²) in [6.45, 7) is 5.82. The molecular weight excluding hydrogens is 190 g/mol. The molecule has 0 bridgehead atoms. The summed E-state index contributed by atoms with van der Waals surface area (Å²) in [6, 6.07) is 0.645. The lowest BCUT2D eigenvalue weighted by Crippen LogP contribution is -2.38. The van der Waals surface area contributed by atoms with Crippen LogP contribution in [0.3, 0.4) is 0 Å². The van der Waals surface area contributed by atoms with Crippen molar-refractivity contribution in [2.75, 3.05) is 13.1 Å². The molecule has 0 amide bonds. The first-order chi connectivity index (χ1) is 7.07. The summed E-state index contributed by atoms with van der Waals surface area (Å²) in [4.78, 5) is 13.5. The van der Waals surface area contributed by atoms with Crippen molar-refractivity contribution < 1.29 is 9.90 Å². The van der Waals surface area contributed by atoms with E-state index in [2.05, 4.69) is 11.8 Å². The van der Waals surface area contributed by atoms with Gasteiger partial charge in [-0.25, -0.2) is 0 Å². The van der Waals surface area contributed by atoms with Gasteiger partial charge in [-0.05, 0) is 45.1 Å². The zero-order chi connectivity index (χ0) is 11.1. The number of aliphatic carboxylic acids is 1. The van der Waals surface area contributed by atoms with Gasteiger partial charge in [0.1, 0.15) is 0 Å². The van der Waals surface area contributed by atoms with Crippen molar-refractivity contribution in [3.63, 3.8) is 0 Å². The van der Waals surface area contributed by atoms with Crippen LogP contribution in [0.4, 0.5) is 0 Å². The third-order valence-corrected chi connectivity index (χ3v) is 4.07. The summed E-state index contributed by atoms with van der Waals surface area (Å²) in [7, 11) is 0. The van der Waals surface area contributed by atoms with E-state index in [0.29, 0.717) is 6.04 Å². The van der Waals surface area contributed by atoms with Crippen LogP contribution in [0.25, 0.3) is 0 Å². The molecule has 1 aliphatic carbocycles. The highest BCUT2D eigenvalue weighted by Gasteiger charge is 2.45. The topological polar surface area (TPSA) is 40.5 Å². The molecule has 1 aliphatic heterocycles. The van der Waals surface area contributed by atoms with Gasteiger partial charge in [0.2, 0.25) is 0 Å². The van der Waals surface area contributed by atoms with Crippen molar-refractivity contribution in [2.45, 2.75) is 45.6 Å². The van der Waals surface area contributed by atoms with Crippen LogP contribution in [0.5, 0.6) is 0 Å². The van der Waals surface area contributed by atoms with Crippen molar-refractivity contribution in [3.05, 3.63) is 0 Å². The molecule has 1 saturated heterocycles. The Balaban J connectivity index is 1.99. The van der Waals surface area contributed by atoms with Crippen molar-refractivity contribution in [1.29, 1.82) is 0 Å². The van der Waals surface area contributed by atoms with Gasteiger partial charge in [-0.3, -0.25) is 9.69 Å². The van der Waals surface area contributed by atoms with E-state index in [9.17, 15) is 9.90 Å². The largest absolute Gasteiger partial charge is 0.481 e. The van der Waals surface area contributed by atoms with Gasteiger partial charge in [0.05, 0.1) is 5.41 Å². The van der Waals surface area contributed by atoms with E-state index in [1.807, 2.05) is 6.92 Å². The first-order valence-electron chi connectivity index (χ1n) is 6.04. The molecular formula is C12H21NO2. The van der Waals surface area contributed by atoms with Crippen LogP contribution in [0.15, 0.2) is 0 Å². The normalized spacial score (nSPS) is 34.3. The number of carboxylic acid groups (broad SMARTS) is 1. The van der Waals surface area contributed by atoms with Gasteiger partial charge in [-0.1, -0.05) is 6.92 Å². The first kappa shape index (κ1) is 10.9. The van der Waals surface area contributed by atoms with Gasteiger partial charge in [0.15, 0.2) is 0 Å². The monoisotopic (exact) mass is 211 g/mol. The van der Waals surface area contributed by atoms with Crippen LogP contribution in [0, 0.1) is 11.3 Å². The lowest BCUT2D eigenvalue weighted by molar-refractivity contribution is -0.147. The Hall–Kier alpha value is -0.570. The van der Waals surface area contributed by atoms with Gasteiger partial charge < -0.3 is 5.11 Å². The minimum atomic E-state index is -0.629. The van der Waals surface area contributed by atoms with E-state index in [1.165, 1.54) is 19.3 Å². The molecule has 2 atom stereocenters. The van der Waals surface area contributed by atoms with Gasteiger partial charge in [0.25, 0.3) is 0 Å². The lowest BCUT2D eigenvalue weighted by Gasteiger charge is -2.28. The quantitative estimate of drug-likeness (QED) is 0.773. The molecule has 86 valence electrons. The van der Waals surface area contributed by atoms with E-state index in [1.54, 1.807) is 0 Å². The maximum atomic E-state index is 11.1. The first-order valence-corrected chi connectivity index (χ1v) is 6.04. The molecule has 0 aromatic carbocycles. The summed E-state index contributed by atoms with van der Waals surface area (Å²) in [5.41, 5.74) is -0.498. The zero-order valence-electron chi connectivity index (χ0n) is 9.70. The molecule has 3 heteroatoms. The smallest absolute Gasteiger partial charge is 0.310 e. The van der Waals surface area contributed by atoms with Crippen LogP contribution in [-0.2, 0) is 4.79 Å². The second-order valence-corrected chi connectivity index (χ2v) is 5.40. The highest BCUT2D eigenvalue weighted by molar-refractivity contribution is 5.74. The number of rotatable bonds is 4. The minimum absolute atomic E-state index is 0.498. The van der Waals surface area contributed by atoms with Crippen LogP contribution >= 0.6 is 0 Å². The summed E-state index contributed by atoms with van der Waals surface area (Å²) in [6.07, 6.45) is 4.67. The van der Waals surface area contributed by atoms with Gasteiger partial charge in [-0.15, -0.1) is 0 Å². The summed E-state index contributed by atoms with van der Waals surface area (Å²) >= 11 is 0. The Labute approximate surface area is 91.5 Å². The van der Waals surface area contributed by atoms with Crippen LogP contribution in [-0.4, -0.2) is 35.1 Å². The molecule has 2 aliphatic rings. The van der Waals surface area contributed by atoms with Gasteiger partial charge in [-0.2, -0.15) is 0 Å². The van der Waals surface area contributed by atoms with E-state index in [-0.39, 0.29) is 0 Å².